The first-order valence-electron chi connectivity index (χ1n) is 12.9. The topological polar surface area (TPSA) is 26.3 Å². The number of carbonyl (C=O) groups is 1. The van der Waals surface area contributed by atoms with E-state index in [-0.39, 0.29) is 5.97 Å². The molecule has 0 aliphatic heterocycles. The predicted molar refractivity (Wildman–Crippen MR) is 142 cm³/mol. The average Bonchev–Trinajstić information content (AvgIpc) is 2.80. The van der Waals surface area contributed by atoms with E-state index in [1.54, 1.807) is 0 Å². The summed E-state index contributed by atoms with van der Waals surface area (Å²) in [5, 5.41) is 0. The minimum Gasteiger partial charge on any atom is -0.461 e. The zero-order chi connectivity index (χ0) is 23.4. The number of ether oxygens (including phenoxy) is 1. The molecule has 0 heterocycles. The number of hydrogen-bond donors (Lipinski definition) is 0. The fraction of sp³-hybridized carbons (Fsp3) is 0.567. The van der Waals surface area contributed by atoms with Crippen LogP contribution in [0, 0.1) is 0 Å². The minimum atomic E-state index is -0.0855. The molecule has 0 aromatic heterocycles. The highest BCUT2D eigenvalue weighted by Gasteiger charge is 2.01. The summed E-state index contributed by atoms with van der Waals surface area (Å²) in [7, 11) is 0. The molecule has 0 amide bonds. The molecule has 0 spiro atoms. The second-order valence-corrected chi connectivity index (χ2v) is 8.17. The van der Waals surface area contributed by atoms with Crippen molar-refractivity contribution in [1.82, 2.24) is 0 Å². The molecule has 0 radical (unpaired) electrons. The molecule has 2 heteroatoms. The second-order valence-electron chi connectivity index (χ2n) is 8.17. The average molecular weight is 441 g/mol. The van der Waals surface area contributed by atoms with E-state index in [4.69, 9.17) is 4.74 Å². The van der Waals surface area contributed by atoms with Crippen LogP contribution in [0.1, 0.15) is 104 Å². The highest BCUT2D eigenvalue weighted by atomic mass is 16.5. The molecule has 0 saturated heterocycles. The van der Waals surface area contributed by atoms with Gasteiger partial charge in [0.05, 0.1) is 0 Å². The first-order chi connectivity index (χ1) is 15.8. The van der Waals surface area contributed by atoms with Crippen molar-refractivity contribution in [2.45, 2.75) is 104 Å². The number of esters is 1. The fourth-order valence-electron chi connectivity index (χ4n) is 3.26. The van der Waals surface area contributed by atoms with E-state index in [1.807, 2.05) is 79.8 Å². The number of carbonyl (C=O) groups excluding carboxylic acids is 1. The smallest absolute Gasteiger partial charge is 0.306 e. The number of allylic oxidation sites excluding steroid dienone is 11. The maximum absolute atomic E-state index is 11.7. The van der Waals surface area contributed by atoms with Gasteiger partial charge in [-0.2, -0.15) is 0 Å². The van der Waals surface area contributed by atoms with Crippen molar-refractivity contribution in [2.24, 2.45) is 0 Å². The quantitative estimate of drug-likeness (QED) is 0.101. The summed E-state index contributed by atoms with van der Waals surface area (Å²) in [4.78, 5) is 11.7. The van der Waals surface area contributed by atoms with Crippen molar-refractivity contribution < 1.29 is 9.53 Å². The molecule has 0 unspecified atom stereocenters. The van der Waals surface area contributed by atoms with Crippen molar-refractivity contribution in [3.63, 3.8) is 0 Å². The Kier molecular flexibility index (Phi) is 25.2. The van der Waals surface area contributed by atoms with Crippen molar-refractivity contribution >= 4 is 5.97 Å². The van der Waals surface area contributed by atoms with Gasteiger partial charge in [0.1, 0.15) is 6.61 Å². The third-order valence-electron chi connectivity index (χ3n) is 5.15. The third kappa shape index (κ3) is 25.9. The molecule has 0 N–H and O–H groups in total. The lowest BCUT2D eigenvalue weighted by Gasteiger charge is -2.03. The Morgan fingerprint density at radius 3 is 1.44 bits per heavy atom. The zero-order valence-corrected chi connectivity index (χ0v) is 20.9. The first kappa shape index (κ1) is 29.9. The minimum absolute atomic E-state index is 0.0855. The van der Waals surface area contributed by atoms with Crippen LogP contribution in [0.2, 0.25) is 0 Å². The summed E-state index contributed by atoms with van der Waals surface area (Å²) in [5.41, 5.74) is 0. The fourth-order valence-corrected chi connectivity index (χ4v) is 3.26. The number of rotatable bonds is 21. The van der Waals surface area contributed by atoms with E-state index < -0.39 is 0 Å². The van der Waals surface area contributed by atoms with Crippen LogP contribution in [0.15, 0.2) is 72.9 Å². The Hall–Kier alpha value is -2.09. The zero-order valence-electron chi connectivity index (χ0n) is 20.9. The van der Waals surface area contributed by atoms with Crippen molar-refractivity contribution in [2.75, 3.05) is 6.61 Å². The van der Waals surface area contributed by atoms with Gasteiger partial charge in [0.2, 0.25) is 0 Å². The highest BCUT2D eigenvalue weighted by molar-refractivity contribution is 5.69. The summed E-state index contributed by atoms with van der Waals surface area (Å²) in [5.74, 6) is -0.0855. The Labute approximate surface area is 198 Å². The molecule has 0 aliphatic carbocycles. The largest absolute Gasteiger partial charge is 0.461 e. The van der Waals surface area contributed by atoms with E-state index in [0.29, 0.717) is 13.0 Å². The normalized spacial score (nSPS) is 12.7. The maximum atomic E-state index is 11.7. The molecule has 0 aliphatic rings. The van der Waals surface area contributed by atoms with E-state index in [1.165, 1.54) is 70.6 Å². The molecule has 2 nitrogen and oxygen atoms in total. The predicted octanol–water partition coefficient (Wildman–Crippen LogP) is 9.37. The lowest BCUT2D eigenvalue weighted by molar-refractivity contribution is -0.142. The summed E-state index contributed by atoms with van der Waals surface area (Å²) in [6.07, 6.45) is 41.2. The molecular weight excluding hydrogens is 392 g/mol. The lowest BCUT2D eigenvalue weighted by atomic mass is 10.0. The van der Waals surface area contributed by atoms with Crippen LogP contribution in [-0.4, -0.2) is 12.6 Å². The Morgan fingerprint density at radius 1 is 0.562 bits per heavy atom. The Morgan fingerprint density at radius 2 is 0.969 bits per heavy atom. The number of hydrogen-bond acceptors (Lipinski definition) is 2. The molecule has 180 valence electrons. The molecule has 0 aromatic rings. The van der Waals surface area contributed by atoms with E-state index in [2.05, 4.69) is 6.92 Å². The molecule has 32 heavy (non-hydrogen) atoms. The summed E-state index contributed by atoms with van der Waals surface area (Å²) in [6.45, 7) is 4.61. The van der Waals surface area contributed by atoms with Gasteiger partial charge < -0.3 is 4.74 Å². The van der Waals surface area contributed by atoms with Crippen molar-refractivity contribution in [3.05, 3.63) is 72.9 Å². The lowest BCUT2D eigenvalue weighted by Crippen LogP contribution is -2.03. The second kappa shape index (κ2) is 26.9. The van der Waals surface area contributed by atoms with Crippen molar-refractivity contribution in [1.29, 1.82) is 0 Å². The van der Waals surface area contributed by atoms with Gasteiger partial charge in [0.25, 0.3) is 0 Å². The van der Waals surface area contributed by atoms with Gasteiger partial charge in [0.15, 0.2) is 0 Å². The van der Waals surface area contributed by atoms with E-state index >= 15 is 0 Å². The monoisotopic (exact) mass is 440 g/mol. The summed E-state index contributed by atoms with van der Waals surface area (Å²) < 4.78 is 5.24. The van der Waals surface area contributed by atoms with Gasteiger partial charge in [-0.3, -0.25) is 4.79 Å². The third-order valence-corrected chi connectivity index (χ3v) is 5.15. The van der Waals surface area contributed by atoms with Gasteiger partial charge in [-0.15, -0.1) is 0 Å². The highest BCUT2D eigenvalue weighted by Crippen LogP contribution is 2.13. The maximum Gasteiger partial charge on any atom is 0.306 e. The molecule has 0 fully saturated rings. The van der Waals surface area contributed by atoms with E-state index in [9.17, 15) is 4.79 Å². The van der Waals surface area contributed by atoms with Crippen LogP contribution in [-0.2, 0) is 9.53 Å². The Balaban J connectivity index is 3.45. The van der Waals surface area contributed by atoms with Crippen LogP contribution in [0.3, 0.4) is 0 Å². The van der Waals surface area contributed by atoms with E-state index in [0.717, 1.165) is 12.8 Å². The summed E-state index contributed by atoms with van der Waals surface area (Å²) >= 11 is 0. The van der Waals surface area contributed by atoms with Crippen LogP contribution in [0.25, 0.3) is 0 Å². The van der Waals surface area contributed by atoms with Crippen molar-refractivity contribution in [3.8, 4) is 0 Å². The van der Waals surface area contributed by atoms with Crippen LogP contribution >= 0.6 is 0 Å². The van der Waals surface area contributed by atoms with Gasteiger partial charge >= 0.3 is 5.97 Å². The standard InChI is InChI=1S/C30H48O2/c1-3-5-7-9-11-13-15-17-18-20-22-24-26-28-30(31)32-29-27-25-23-21-19-16-14-12-10-8-6-4-2/h4,6,8,10,12,14,16,19,21,23,25,27H,3,5,7,9,11,13,15,17-18,20,22,24,26,28-29H2,1-2H3. The van der Waals surface area contributed by atoms with Gasteiger partial charge in [0, 0.05) is 6.42 Å². The number of unbranched alkanes of at least 4 members (excludes halogenated alkanes) is 12. The SMILES string of the molecule is CC=CC=CC=CC=CC=CC=CCOC(=O)CCCCCCCCCCCCCCC. The molecule has 0 aromatic carbocycles. The van der Waals surface area contributed by atoms with Crippen LogP contribution < -0.4 is 0 Å². The molecular formula is C30H48O2. The molecule has 0 rings (SSSR count). The van der Waals surface area contributed by atoms with Crippen LogP contribution in [0.4, 0.5) is 0 Å². The molecule has 0 saturated carbocycles. The van der Waals surface area contributed by atoms with Gasteiger partial charge in [-0.25, -0.2) is 0 Å². The van der Waals surface area contributed by atoms with Crippen LogP contribution in [0.5, 0.6) is 0 Å². The molecule has 0 bridgehead atoms. The first-order valence-corrected chi connectivity index (χ1v) is 12.9. The summed E-state index contributed by atoms with van der Waals surface area (Å²) in [6, 6.07) is 0. The van der Waals surface area contributed by atoms with Gasteiger partial charge in [-0.05, 0) is 19.4 Å². The molecule has 0 atom stereocenters. The van der Waals surface area contributed by atoms with Gasteiger partial charge in [-0.1, -0.05) is 151 Å². The Bertz CT molecular complexity index is 576.